The van der Waals surface area contributed by atoms with E-state index in [1.807, 2.05) is 36.5 Å². The molecule has 27 heavy (non-hydrogen) atoms. The quantitative estimate of drug-likeness (QED) is 0.559. The topological polar surface area (TPSA) is 66.1 Å². The lowest BCUT2D eigenvalue weighted by atomic mass is 9.90. The van der Waals surface area contributed by atoms with Gasteiger partial charge >= 0.3 is 0 Å². The Morgan fingerprint density at radius 2 is 1.85 bits per heavy atom. The van der Waals surface area contributed by atoms with Gasteiger partial charge in [-0.2, -0.15) is 4.31 Å². The number of nitrogens with one attached hydrogen (secondary N) is 1. The van der Waals surface area contributed by atoms with Crippen molar-refractivity contribution in [1.29, 1.82) is 0 Å². The van der Waals surface area contributed by atoms with Gasteiger partial charge in [-0.15, -0.1) is 11.3 Å². The molecular formula is C20H19N3O2S2. The maximum Gasteiger partial charge on any atom is 0.244 e. The van der Waals surface area contributed by atoms with Crippen molar-refractivity contribution in [2.45, 2.75) is 23.7 Å². The zero-order valence-electron chi connectivity index (χ0n) is 14.6. The molecule has 0 aliphatic carbocycles. The molecule has 7 heteroatoms. The van der Waals surface area contributed by atoms with Gasteiger partial charge in [-0.1, -0.05) is 18.2 Å². The molecule has 1 N–H and O–H groups in total. The molecule has 1 fully saturated rings. The smallest absolute Gasteiger partial charge is 0.244 e. The predicted octanol–water partition coefficient (Wildman–Crippen LogP) is 4.35. The van der Waals surface area contributed by atoms with E-state index in [0.29, 0.717) is 23.9 Å². The van der Waals surface area contributed by atoms with Gasteiger partial charge < -0.3 is 4.98 Å². The van der Waals surface area contributed by atoms with Gasteiger partial charge in [-0.25, -0.2) is 13.4 Å². The molecule has 0 saturated carbocycles. The zero-order chi connectivity index (χ0) is 18.4. The number of pyridine rings is 1. The number of piperidine rings is 1. The molecule has 138 valence electrons. The van der Waals surface area contributed by atoms with Crippen molar-refractivity contribution < 1.29 is 8.42 Å². The number of benzene rings is 1. The average molecular weight is 398 g/mol. The van der Waals surface area contributed by atoms with Gasteiger partial charge in [-0.05, 0) is 42.5 Å². The highest BCUT2D eigenvalue weighted by molar-refractivity contribution is 7.89. The van der Waals surface area contributed by atoms with Crippen molar-refractivity contribution in [3.8, 4) is 0 Å². The van der Waals surface area contributed by atoms with Crippen LogP contribution < -0.4 is 0 Å². The Hall–Kier alpha value is -2.22. The highest BCUT2D eigenvalue weighted by Gasteiger charge is 2.32. The molecular weight excluding hydrogens is 378 g/mol. The van der Waals surface area contributed by atoms with Gasteiger partial charge in [0.1, 0.15) is 10.5 Å². The summed E-state index contributed by atoms with van der Waals surface area (Å²) in [5.41, 5.74) is 2.14. The summed E-state index contributed by atoms with van der Waals surface area (Å²) >= 11 is 1.49. The zero-order valence-corrected chi connectivity index (χ0v) is 16.3. The van der Waals surface area contributed by atoms with Crippen LogP contribution in [-0.2, 0) is 10.0 Å². The summed E-state index contributed by atoms with van der Waals surface area (Å²) in [4.78, 5) is 8.02. The maximum absolute atomic E-state index is 13.2. The summed E-state index contributed by atoms with van der Waals surface area (Å²) in [5.74, 6) is 0.355. The van der Waals surface area contributed by atoms with Crippen molar-refractivity contribution in [3.05, 3.63) is 59.7 Å². The third kappa shape index (κ3) is 2.77. The van der Waals surface area contributed by atoms with Gasteiger partial charge in [0.2, 0.25) is 10.0 Å². The van der Waals surface area contributed by atoms with E-state index in [9.17, 15) is 8.42 Å². The number of aromatic nitrogens is 2. The second kappa shape index (κ2) is 6.44. The Labute approximate surface area is 161 Å². The molecule has 0 radical (unpaired) electrons. The van der Waals surface area contributed by atoms with E-state index in [1.54, 1.807) is 15.9 Å². The van der Waals surface area contributed by atoms with Gasteiger partial charge in [0.05, 0.1) is 0 Å². The maximum atomic E-state index is 13.2. The van der Waals surface area contributed by atoms with Crippen molar-refractivity contribution in [2.24, 2.45) is 0 Å². The molecule has 4 heterocycles. The Bertz CT molecular complexity index is 1220. The van der Waals surface area contributed by atoms with Crippen molar-refractivity contribution in [2.75, 3.05) is 13.1 Å². The Morgan fingerprint density at radius 3 is 2.70 bits per heavy atom. The summed E-state index contributed by atoms with van der Waals surface area (Å²) in [6, 6.07) is 11.7. The van der Waals surface area contributed by atoms with E-state index >= 15 is 0 Å². The van der Waals surface area contributed by atoms with E-state index in [1.165, 1.54) is 16.9 Å². The highest BCUT2D eigenvalue weighted by Crippen LogP contribution is 2.36. The van der Waals surface area contributed by atoms with Crippen LogP contribution in [0.25, 0.3) is 21.1 Å². The highest BCUT2D eigenvalue weighted by atomic mass is 32.2. The monoisotopic (exact) mass is 397 g/mol. The summed E-state index contributed by atoms with van der Waals surface area (Å²) in [7, 11) is -3.46. The first kappa shape index (κ1) is 16.9. The molecule has 1 saturated heterocycles. The molecule has 1 aliphatic heterocycles. The number of hydrogen-bond acceptors (Lipinski definition) is 4. The average Bonchev–Trinajstić information content (AvgIpc) is 3.33. The van der Waals surface area contributed by atoms with Crippen LogP contribution in [0.1, 0.15) is 24.3 Å². The number of aromatic amines is 1. The number of nitrogens with zero attached hydrogens (tertiary/aromatic N) is 2. The molecule has 0 spiro atoms. The molecule has 5 rings (SSSR count). The van der Waals surface area contributed by atoms with Gasteiger partial charge in [0, 0.05) is 46.3 Å². The SMILES string of the molecule is O=S(=O)(c1csc2ccccc12)N1CCC(c2c[nH]c3ncccc23)CC1. The second-order valence-corrected chi connectivity index (χ2v) is 9.74. The van der Waals surface area contributed by atoms with Crippen LogP contribution >= 0.6 is 11.3 Å². The molecule has 5 nitrogen and oxygen atoms in total. The van der Waals surface area contributed by atoms with Crippen LogP contribution in [0.2, 0.25) is 0 Å². The second-order valence-electron chi connectivity index (χ2n) is 6.92. The van der Waals surface area contributed by atoms with Crippen LogP contribution in [0, 0.1) is 0 Å². The number of sulfonamides is 1. The number of H-pyrrole nitrogens is 1. The minimum atomic E-state index is -3.46. The fourth-order valence-corrected chi connectivity index (χ4v) is 6.96. The lowest BCUT2D eigenvalue weighted by Gasteiger charge is -2.31. The van der Waals surface area contributed by atoms with Gasteiger partial charge in [0.15, 0.2) is 0 Å². The van der Waals surface area contributed by atoms with Gasteiger partial charge in [-0.3, -0.25) is 0 Å². The standard InChI is InChI=1S/C20H19N3O2S2/c24-27(25,19-13-26-18-6-2-1-4-16(18)19)23-10-7-14(8-11-23)17-12-22-20-15(17)5-3-9-21-20/h1-6,9,12-14H,7-8,10-11H2,(H,21,22). The third-order valence-corrected chi connectivity index (χ3v) is 8.49. The molecule has 1 aliphatic rings. The first-order valence-corrected chi connectivity index (χ1v) is 11.3. The predicted molar refractivity (Wildman–Crippen MR) is 109 cm³/mol. The minimum absolute atomic E-state index is 0.355. The van der Waals surface area contributed by atoms with Crippen LogP contribution in [0.3, 0.4) is 0 Å². The molecule has 0 amide bonds. The molecule has 1 aromatic carbocycles. The normalized spacial score (nSPS) is 17.0. The van der Waals surface area contributed by atoms with Crippen molar-refractivity contribution in [3.63, 3.8) is 0 Å². The van der Waals surface area contributed by atoms with E-state index in [4.69, 9.17) is 0 Å². The third-order valence-electron chi connectivity index (χ3n) is 5.44. The lowest BCUT2D eigenvalue weighted by molar-refractivity contribution is 0.320. The fraction of sp³-hybridized carbons (Fsp3) is 0.250. The van der Waals surface area contributed by atoms with E-state index in [0.717, 1.165) is 34.0 Å². The van der Waals surface area contributed by atoms with Crippen LogP contribution in [0.4, 0.5) is 0 Å². The molecule has 0 unspecified atom stereocenters. The Morgan fingerprint density at radius 1 is 1.07 bits per heavy atom. The molecule has 0 bridgehead atoms. The van der Waals surface area contributed by atoms with E-state index in [2.05, 4.69) is 16.0 Å². The number of rotatable bonds is 3. The first-order valence-electron chi connectivity index (χ1n) is 9.03. The largest absolute Gasteiger partial charge is 0.346 e. The minimum Gasteiger partial charge on any atom is -0.346 e. The van der Waals surface area contributed by atoms with Crippen LogP contribution in [0.5, 0.6) is 0 Å². The van der Waals surface area contributed by atoms with Crippen molar-refractivity contribution >= 4 is 42.5 Å². The number of thiophene rings is 1. The summed E-state index contributed by atoms with van der Waals surface area (Å²) in [6.07, 6.45) is 5.45. The molecule has 4 aromatic rings. The molecule has 0 atom stereocenters. The van der Waals surface area contributed by atoms with Crippen LogP contribution in [-0.4, -0.2) is 35.8 Å². The number of hydrogen-bond donors (Lipinski definition) is 1. The first-order chi connectivity index (χ1) is 13.1. The van der Waals surface area contributed by atoms with Crippen LogP contribution in [0.15, 0.2) is 59.1 Å². The Balaban J connectivity index is 1.40. The lowest BCUT2D eigenvalue weighted by Crippen LogP contribution is -2.37. The summed E-state index contributed by atoms with van der Waals surface area (Å²) in [6.45, 7) is 1.09. The summed E-state index contributed by atoms with van der Waals surface area (Å²) in [5, 5.41) is 3.74. The van der Waals surface area contributed by atoms with Gasteiger partial charge in [0.25, 0.3) is 0 Å². The van der Waals surface area contributed by atoms with Crippen molar-refractivity contribution in [1.82, 2.24) is 14.3 Å². The summed E-state index contributed by atoms with van der Waals surface area (Å²) < 4.78 is 29.0. The molecule has 3 aromatic heterocycles. The Kier molecular flexibility index (Phi) is 4.03. The van der Waals surface area contributed by atoms with E-state index < -0.39 is 10.0 Å². The van der Waals surface area contributed by atoms with E-state index in [-0.39, 0.29) is 0 Å². The number of fused-ring (bicyclic) bond motifs is 2. The fourth-order valence-electron chi connectivity index (χ4n) is 4.01.